The number of nitrogens with zero attached hydrogens (tertiary/aromatic N) is 1. The average Bonchev–Trinajstić information content (AvgIpc) is 3.18. The van der Waals surface area contributed by atoms with Crippen LogP contribution in [-0.4, -0.2) is 52.3 Å². The lowest BCUT2D eigenvalue weighted by molar-refractivity contribution is -0.384. The van der Waals surface area contributed by atoms with Gasteiger partial charge in [-0.25, -0.2) is 0 Å². The number of non-ortho nitro benzene ring substituents is 1. The number of benzene rings is 2. The standard InChI is InChI=1S/C14H17N3O3.C11H11N3O4/c15-9(6-8-4-2-1-3-5-8)12(19)14(7-10(16)18)11(17)13(14)20;15-10-6-5-9(13-10)11(16)12-7-1-3-8(4-2-7)14(17)18/h1-5,9,11H,6-7,15,17H2,(H2,16,18);1-4,9H,5-6H2,(H,12,16)(H,13,15). The number of nitro groups is 1. The number of carbonyl (C=O) groups excluding carboxylic acids is 5. The second-order valence-corrected chi connectivity index (χ2v) is 9.07. The number of carbonyl (C=O) groups is 5. The number of primary amides is 1. The fourth-order valence-corrected chi connectivity index (χ4v) is 4.20. The highest BCUT2D eigenvalue weighted by molar-refractivity contribution is 6.27. The van der Waals surface area contributed by atoms with Crippen LogP contribution in [0.25, 0.3) is 0 Å². The average molecular weight is 525 g/mol. The van der Waals surface area contributed by atoms with Crippen LogP contribution in [-0.2, 0) is 30.4 Å². The first kappa shape index (κ1) is 28.1. The zero-order valence-corrected chi connectivity index (χ0v) is 20.3. The Labute approximate surface area is 217 Å². The number of nitrogens with one attached hydrogen (secondary N) is 2. The molecule has 8 N–H and O–H groups in total. The minimum absolute atomic E-state index is 0.0397. The first-order valence-corrected chi connectivity index (χ1v) is 11.7. The van der Waals surface area contributed by atoms with Crippen LogP contribution in [0.1, 0.15) is 24.8 Å². The number of Topliss-reactive ketones (excluding diaryl/α,β-unsaturated/α-hetero) is 2. The molecule has 0 aromatic heterocycles. The zero-order valence-electron chi connectivity index (χ0n) is 20.3. The summed E-state index contributed by atoms with van der Waals surface area (Å²) in [6.07, 6.45) is 0.741. The summed E-state index contributed by atoms with van der Waals surface area (Å²) in [6.45, 7) is 0. The maximum Gasteiger partial charge on any atom is 0.269 e. The molecular formula is C25H28N6O7. The van der Waals surface area contributed by atoms with Crippen molar-refractivity contribution in [3.05, 3.63) is 70.3 Å². The van der Waals surface area contributed by atoms with Crippen LogP contribution < -0.4 is 27.8 Å². The second-order valence-electron chi connectivity index (χ2n) is 9.07. The van der Waals surface area contributed by atoms with Crippen LogP contribution in [0, 0.1) is 15.5 Å². The summed E-state index contributed by atoms with van der Waals surface area (Å²) in [5, 5.41) is 15.6. The van der Waals surface area contributed by atoms with Crippen molar-refractivity contribution in [3.63, 3.8) is 0 Å². The number of hydrogen-bond donors (Lipinski definition) is 5. The molecule has 2 aliphatic rings. The third-order valence-corrected chi connectivity index (χ3v) is 6.36. The largest absolute Gasteiger partial charge is 0.370 e. The van der Waals surface area contributed by atoms with E-state index in [2.05, 4.69) is 10.6 Å². The summed E-state index contributed by atoms with van der Waals surface area (Å²) in [6, 6.07) is 12.3. The van der Waals surface area contributed by atoms with Gasteiger partial charge in [0.2, 0.25) is 17.7 Å². The van der Waals surface area contributed by atoms with E-state index in [1.807, 2.05) is 30.3 Å². The Morgan fingerprint density at radius 1 is 1.11 bits per heavy atom. The van der Waals surface area contributed by atoms with Crippen LogP contribution in [0.4, 0.5) is 11.4 Å². The minimum atomic E-state index is -1.50. The van der Waals surface area contributed by atoms with Gasteiger partial charge >= 0.3 is 0 Å². The molecule has 3 amide bonds. The van der Waals surface area contributed by atoms with Crippen LogP contribution in [0.3, 0.4) is 0 Å². The molecule has 4 atom stereocenters. The predicted octanol–water partition coefficient (Wildman–Crippen LogP) is -0.291. The molecule has 1 saturated heterocycles. The molecule has 4 rings (SSSR count). The van der Waals surface area contributed by atoms with Gasteiger partial charge in [-0.3, -0.25) is 34.1 Å². The van der Waals surface area contributed by atoms with Gasteiger partial charge in [0, 0.05) is 30.7 Å². The first-order chi connectivity index (χ1) is 18.0. The fraction of sp³-hybridized carbons (Fsp3) is 0.320. The summed E-state index contributed by atoms with van der Waals surface area (Å²) in [4.78, 5) is 67.7. The van der Waals surface area contributed by atoms with E-state index < -0.39 is 45.9 Å². The Balaban J connectivity index is 0.000000212. The van der Waals surface area contributed by atoms with Crippen molar-refractivity contribution in [2.75, 3.05) is 5.32 Å². The number of ketones is 2. The number of rotatable bonds is 9. The zero-order chi connectivity index (χ0) is 28.0. The Morgan fingerprint density at radius 3 is 2.18 bits per heavy atom. The summed E-state index contributed by atoms with van der Waals surface area (Å²) in [5.74, 6) is -2.14. The lowest BCUT2D eigenvalue weighted by atomic mass is 9.88. The normalized spacial score (nSPS) is 22.4. The minimum Gasteiger partial charge on any atom is -0.370 e. The summed E-state index contributed by atoms with van der Waals surface area (Å²) >= 11 is 0. The van der Waals surface area contributed by atoms with Crippen molar-refractivity contribution in [1.82, 2.24) is 5.32 Å². The summed E-state index contributed by atoms with van der Waals surface area (Å²) < 4.78 is 0. The molecule has 200 valence electrons. The molecule has 38 heavy (non-hydrogen) atoms. The van der Waals surface area contributed by atoms with Crippen molar-refractivity contribution in [2.24, 2.45) is 22.6 Å². The van der Waals surface area contributed by atoms with E-state index in [0.717, 1.165) is 5.56 Å². The Bertz CT molecular complexity index is 1250. The number of hydrogen-bond acceptors (Lipinski definition) is 9. The number of nitro benzene ring substituents is 1. The molecule has 2 aromatic rings. The Morgan fingerprint density at radius 2 is 1.71 bits per heavy atom. The van der Waals surface area contributed by atoms with Crippen molar-refractivity contribution in [2.45, 2.75) is 43.8 Å². The predicted molar refractivity (Wildman–Crippen MR) is 135 cm³/mol. The molecule has 4 unspecified atom stereocenters. The van der Waals surface area contributed by atoms with Gasteiger partial charge in [-0.05, 0) is 30.5 Å². The highest BCUT2D eigenvalue weighted by Gasteiger charge is 2.69. The SMILES string of the molecule is NC(=O)CC1(C(=O)C(N)Cc2ccccc2)C(=O)C1N.O=C1CCC(C(=O)Nc2ccc([N+](=O)[O-])cc2)N1. The van der Waals surface area contributed by atoms with Gasteiger partial charge in [-0.1, -0.05) is 30.3 Å². The third-order valence-electron chi connectivity index (χ3n) is 6.36. The van der Waals surface area contributed by atoms with E-state index in [-0.39, 0.29) is 23.9 Å². The van der Waals surface area contributed by atoms with Gasteiger partial charge < -0.3 is 27.8 Å². The van der Waals surface area contributed by atoms with E-state index in [0.29, 0.717) is 24.9 Å². The summed E-state index contributed by atoms with van der Waals surface area (Å²) in [7, 11) is 0. The van der Waals surface area contributed by atoms with Crippen LogP contribution in [0.5, 0.6) is 0 Å². The van der Waals surface area contributed by atoms with Crippen LogP contribution in [0.2, 0.25) is 0 Å². The van der Waals surface area contributed by atoms with E-state index in [1.165, 1.54) is 24.3 Å². The van der Waals surface area contributed by atoms with Crippen molar-refractivity contribution < 1.29 is 28.9 Å². The van der Waals surface area contributed by atoms with Crippen molar-refractivity contribution >= 4 is 40.7 Å². The van der Waals surface area contributed by atoms with Gasteiger partial charge in [-0.15, -0.1) is 0 Å². The number of anilines is 1. The number of nitrogens with two attached hydrogens (primary N) is 3. The fourth-order valence-electron chi connectivity index (χ4n) is 4.20. The van der Waals surface area contributed by atoms with Crippen molar-refractivity contribution in [1.29, 1.82) is 0 Å². The lowest BCUT2D eigenvalue weighted by Gasteiger charge is -2.17. The molecule has 2 aromatic carbocycles. The molecule has 1 aliphatic carbocycles. The van der Waals surface area contributed by atoms with Gasteiger partial charge in [0.1, 0.15) is 11.5 Å². The van der Waals surface area contributed by atoms with Gasteiger partial charge in [-0.2, -0.15) is 0 Å². The van der Waals surface area contributed by atoms with Crippen LogP contribution >= 0.6 is 0 Å². The molecule has 1 aliphatic heterocycles. The van der Waals surface area contributed by atoms with Gasteiger partial charge in [0.05, 0.1) is 17.0 Å². The summed E-state index contributed by atoms with van der Waals surface area (Å²) in [5.41, 5.74) is 16.4. The smallest absolute Gasteiger partial charge is 0.269 e. The monoisotopic (exact) mass is 524 g/mol. The molecule has 13 heteroatoms. The molecule has 1 heterocycles. The van der Waals surface area contributed by atoms with E-state index in [4.69, 9.17) is 17.2 Å². The maximum atomic E-state index is 12.4. The molecule has 1 saturated carbocycles. The molecule has 0 spiro atoms. The highest BCUT2D eigenvalue weighted by Crippen LogP contribution is 2.45. The number of amides is 3. The molecule has 0 bridgehead atoms. The maximum absolute atomic E-state index is 12.4. The Hall–Kier alpha value is -4.49. The lowest BCUT2D eigenvalue weighted by Crippen LogP contribution is -2.43. The van der Waals surface area contributed by atoms with Crippen molar-refractivity contribution in [3.8, 4) is 0 Å². The molecule has 2 fully saturated rings. The second kappa shape index (κ2) is 11.7. The Kier molecular flexibility index (Phi) is 8.65. The van der Waals surface area contributed by atoms with E-state index in [1.54, 1.807) is 0 Å². The molecule has 13 nitrogen and oxygen atoms in total. The molecular weight excluding hydrogens is 496 g/mol. The van der Waals surface area contributed by atoms with Gasteiger partial charge in [0.15, 0.2) is 11.6 Å². The van der Waals surface area contributed by atoms with Gasteiger partial charge in [0.25, 0.3) is 5.69 Å². The quantitative estimate of drug-likeness (QED) is 0.164. The van der Waals surface area contributed by atoms with E-state index >= 15 is 0 Å². The molecule has 0 radical (unpaired) electrons. The van der Waals surface area contributed by atoms with E-state index in [9.17, 15) is 34.1 Å². The topological polar surface area (TPSA) is 231 Å². The third kappa shape index (κ3) is 6.44. The first-order valence-electron chi connectivity index (χ1n) is 11.7. The highest BCUT2D eigenvalue weighted by atomic mass is 16.6. The van der Waals surface area contributed by atoms with Crippen LogP contribution in [0.15, 0.2) is 54.6 Å².